The topological polar surface area (TPSA) is 26.3 Å². The Morgan fingerprint density at radius 2 is 1.89 bits per heavy atom. The number of rotatable bonds is 2. The highest BCUT2D eigenvalue weighted by Crippen LogP contribution is 2.39. The standard InChI is InChI=1S/C16H20O2/c1-16(2)14(17)10-15(16)18-13-8-7-11-5-3-4-6-12(11)9-13/h7-9,15H,3-6,10H2,1-2H3. The molecule has 96 valence electrons. The molecule has 2 nitrogen and oxygen atoms in total. The van der Waals surface area contributed by atoms with Crippen LogP contribution < -0.4 is 4.74 Å². The van der Waals surface area contributed by atoms with E-state index in [0.717, 1.165) is 5.75 Å². The van der Waals surface area contributed by atoms with E-state index in [9.17, 15) is 4.79 Å². The molecule has 3 rings (SSSR count). The zero-order chi connectivity index (χ0) is 12.8. The third-order valence-electron chi connectivity index (χ3n) is 4.49. The van der Waals surface area contributed by atoms with Gasteiger partial charge in [0.25, 0.3) is 0 Å². The van der Waals surface area contributed by atoms with Crippen molar-refractivity contribution in [1.82, 2.24) is 0 Å². The minimum absolute atomic E-state index is 0.0478. The summed E-state index contributed by atoms with van der Waals surface area (Å²) in [6, 6.07) is 6.42. The van der Waals surface area contributed by atoms with E-state index in [2.05, 4.69) is 18.2 Å². The van der Waals surface area contributed by atoms with E-state index in [4.69, 9.17) is 4.74 Å². The number of carbonyl (C=O) groups excluding carboxylic acids is 1. The number of hydrogen-bond acceptors (Lipinski definition) is 2. The number of hydrogen-bond donors (Lipinski definition) is 0. The molecule has 0 N–H and O–H groups in total. The lowest BCUT2D eigenvalue weighted by Gasteiger charge is -2.42. The van der Waals surface area contributed by atoms with Crippen LogP contribution >= 0.6 is 0 Å². The first-order chi connectivity index (χ1) is 8.57. The van der Waals surface area contributed by atoms with E-state index in [0.29, 0.717) is 12.2 Å². The molecule has 0 amide bonds. The average Bonchev–Trinajstić information content (AvgIpc) is 2.38. The molecular weight excluding hydrogens is 224 g/mol. The molecule has 1 atom stereocenters. The van der Waals surface area contributed by atoms with Crippen molar-refractivity contribution in [3.8, 4) is 5.75 Å². The first-order valence-electron chi connectivity index (χ1n) is 6.89. The summed E-state index contributed by atoms with van der Waals surface area (Å²) >= 11 is 0. The number of ether oxygens (including phenoxy) is 1. The molecule has 0 spiro atoms. The molecule has 0 bridgehead atoms. The van der Waals surface area contributed by atoms with Gasteiger partial charge in [-0.05, 0) is 62.8 Å². The van der Waals surface area contributed by atoms with Gasteiger partial charge in [-0.3, -0.25) is 4.79 Å². The van der Waals surface area contributed by atoms with Crippen molar-refractivity contribution in [2.24, 2.45) is 5.41 Å². The number of benzene rings is 1. The lowest BCUT2D eigenvalue weighted by molar-refractivity contribution is -0.148. The van der Waals surface area contributed by atoms with Gasteiger partial charge in [0.1, 0.15) is 17.6 Å². The predicted octanol–water partition coefficient (Wildman–Crippen LogP) is 3.31. The van der Waals surface area contributed by atoms with Crippen molar-refractivity contribution in [1.29, 1.82) is 0 Å². The van der Waals surface area contributed by atoms with Gasteiger partial charge in [-0.2, -0.15) is 0 Å². The maximum Gasteiger partial charge on any atom is 0.145 e. The second-order valence-corrected chi connectivity index (χ2v) is 6.09. The first kappa shape index (κ1) is 11.8. The van der Waals surface area contributed by atoms with Gasteiger partial charge in [-0.1, -0.05) is 6.07 Å². The van der Waals surface area contributed by atoms with Crippen LogP contribution in [0.2, 0.25) is 0 Å². The minimum atomic E-state index is -0.310. The van der Waals surface area contributed by atoms with Gasteiger partial charge in [-0.25, -0.2) is 0 Å². The van der Waals surface area contributed by atoms with Gasteiger partial charge in [0, 0.05) is 6.42 Å². The fourth-order valence-electron chi connectivity index (χ4n) is 2.87. The Morgan fingerprint density at radius 3 is 2.56 bits per heavy atom. The van der Waals surface area contributed by atoms with Crippen LogP contribution in [0.25, 0.3) is 0 Å². The fourth-order valence-corrected chi connectivity index (χ4v) is 2.87. The summed E-state index contributed by atoms with van der Waals surface area (Å²) in [5.74, 6) is 1.24. The molecule has 0 aromatic heterocycles. The van der Waals surface area contributed by atoms with Gasteiger partial charge in [-0.15, -0.1) is 0 Å². The smallest absolute Gasteiger partial charge is 0.145 e. The van der Waals surface area contributed by atoms with Crippen LogP contribution in [0.4, 0.5) is 0 Å². The Hall–Kier alpha value is -1.31. The zero-order valence-corrected chi connectivity index (χ0v) is 11.2. The number of aryl methyl sites for hydroxylation is 2. The summed E-state index contributed by atoms with van der Waals surface area (Å²) in [7, 11) is 0. The van der Waals surface area contributed by atoms with Gasteiger partial charge in [0.15, 0.2) is 0 Å². The van der Waals surface area contributed by atoms with E-state index in [1.54, 1.807) is 0 Å². The Morgan fingerprint density at radius 1 is 1.17 bits per heavy atom. The summed E-state index contributed by atoms with van der Waals surface area (Å²) in [6.45, 7) is 3.95. The van der Waals surface area contributed by atoms with E-state index < -0.39 is 0 Å². The molecule has 1 saturated carbocycles. The van der Waals surface area contributed by atoms with Crippen LogP contribution in [0.3, 0.4) is 0 Å². The molecule has 2 aliphatic carbocycles. The summed E-state index contributed by atoms with van der Waals surface area (Å²) in [5, 5.41) is 0. The maximum absolute atomic E-state index is 11.5. The molecular formula is C16H20O2. The highest BCUT2D eigenvalue weighted by Gasteiger charge is 2.49. The fraction of sp³-hybridized carbons (Fsp3) is 0.562. The average molecular weight is 244 g/mol. The highest BCUT2D eigenvalue weighted by atomic mass is 16.5. The summed E-state index contributed by atoms with van der Waals surface area (Å²) in [4.78, 5) is 11.5. The first-order valence-corrected chi connectivity index (χ1v) is 6.89. The van der Waals surface area contributed by atoms with Crippen LogP contribution in [0.5, 0.6) is 5.75 Å². The summed E-state index contributed by atoms with van der Waals surface area (Å²) in [6.07, 6.45) is 5.56. The molecule has 18 heavy (non-hydrogen) atoms. The van der Waals surface area contributed by atoms with Gasteiger partial charge >= 0.3 is 0 Å². The molecule has 1 aromatic carbocycles. The number of ketones is 1. The van der Waals surface area contributed by atoms with Crippen molar-refractivity contribution in [3.05, 3.63) is 29.3 Å². The Kier molecular flexibility index (Phi) is 2.69. The SMILES string of the molecule is CC1(C)C(=O)CC1Oc1ccc2c(c1)CCCC2. The van der Waals surface area contributed by atoms with Crippen LogP contribution in [0.15, 0.2) is 18.2 Å². The van der Waals surface area contributed by atoms with E-state index in [1.165, 1.54) is 36.8 Å². The number of carbonyl (C=O) groups is 1. The quantitative estimate of drug-likeness (QED) is 0.797. The molecule has 0 aliphatic heterocycles. The van der Waals surface area contributed by atoms with Crippen LogP contribution in [-0.2, 0) is 17.6 Å². The molecule has 1 aromatic rings. The summed E-state index contributed by atoms with van der Waals surface area (Å²) < 4.78 is 5.98. The van der Waals surface area contributed by atoms with Gasteiger partial charge in [0.05, 0.1) is 5.41 Å². The second-order valence-electron chi connectivity index (χ2n) is 6.09. The summed E-state index contributed by atoms with van der Waals surface area (Å²) in [5.41, 5.74) is 2.59. The van der Waals surface area contributed by atoms with Gasteiger partial charge < -0.3 is 4.74 Å². The normalized spacial score (nSPS) is 25.2. The maximum atomic E-state index is 11.5. The third kappa shape index (κ3) is 1.84. The molecule has 2 heteroatoms. The second kappa shape index (κ2) is 4.11. The van der Waals surface area contributed by atoms with Gasteiger partial charge in [0.2, 0.25) is 0 Å². The monoisotopic (exact) mass is 244 g/mol. The number of fused-ring (bicyclic) bond motifs is 1. The molecule has 0 radical (unpaired) electrons. The van der Waals surface area contributed by atoms with Crippen molar-refractivity contribution >= 4 is 5.78 Å². The number of Topliss-reactive ketones (excluding diaryl/α,β-unsaturated/α-hetero) is 1. The molecule has 2 aliphatic rings. The Labute approximate surface area is 108 Å². The largest absolute Gasteiger partial charge is 0.489 e. The molecule has 1 fully saturated rings. The van der Waals surface area contributed by atoms with Crippen molar-refractivity contribution in [2.45, 2.75) is 52.1 Å². The van der Waals surface area contributed by atoms with Crippen molar-refractivity contribution in [2.75, 3.05) is 0 Å². The van der Waals surface area contributed by atoms with Crippen LogP contribution in [-0.4, -0.2) is 11.9 Å². The minimum Gasteiger partial charge on any atom is -0.489 e. The van der Waals surface area contributed by atoms with Crippen molar-refractivity contribution in [3.63, 3.8) is 0 Å². The highest BCUT2D eigenvalue weighted by molar-refractivity contribution is 5.91. The zero-order valence-electron chi connectivity index (χ0n) is 11.2. The Balaban J connectivity index is 1.76. The predicted molar refractivity (Wildman–Crippen MR) is 70.9 cm³/mol. The van der Waals surface area contributed by atoms with Crippen LogP contribution in [0, 0.1) is 5.41 Å². The van der Waals surface area contributed by atoms with Crippen LogP contribution in [0.1, 0.15) is 44.2 Å². The van der Waals surface area contributed by atoms with E-state index in [1.807, 2.05) is 13.8 Å². The Bertz CT molecular complexity index is 488. The lowest BCUT2D eigenvalue weighted by atomic mass is 9.68. The van der Waals surface area contributed by atoms with E-state index in [-0.39, 0.29) is 11.5 Å². The third-order valence-corrected chi connectivity index (χ3v) is 4.49. The molecule has 0 saturated heterocycles. The van der Waals surface area contributed by atoms with Crippen molar-refractivity contribution < 1.29 is 9.53 Å². The van der Waals surface area contributed by atoms with E-state index >= 15 is 0 Å². The molecule has 0 heterocycles. The lowest BCUT2D eigenvalue weighted by Crippen LogP contribution is -2.52. The molecule has 1 unspecified atom stereocenters.